The second-order valence-electron chi connectivity index (χ2n) is 7.35. The van der Waals surface area contributed by atoms with Crippen molar-refractivity contribution in [2.75, 3.05) is 27.1 Å². The summed E-state index contributed by atoms with van der Waals surface area (Å²) in [5.74, 6) is 0.686. The van der Waals surface area contributed by atoms with Crippen molar-refractivity contribution in [1.29, 1.82) is 0 Å². The van der Waals surface area contributed by atoms with Gasteiger partial charge in [0.1, 0.15) is 5.75 Å². The van der Waals surface area contributed by atoms with Gasteiger partial charge in [0.2, 0.25) is 0 Å². The van der Waals surface area contributed by atoms with Crippen molar-refractivity contribution in [1.82, 2.24) is 15.3 Å². The first-order valence-electron chi connectivity index (χ1n) is 10.5. The molecule has 0 fully saturated rings. The summed E-state index contributed by atoms with van der Waals surface area (Å²) in [5, 5.41) is 12.2. The van der Waals surface area contributed by atoms with Gasteiger partial charge in [0.25, 0.3) is 0 Å². The number of carboxylic acid groups (broad SMARTS) is 1. The molecule has 2 aromatic carbocycles. The molecule has 8 nitrogen and oxygen atoms in total. The number of fused-ring (bicyclic) bond motifs is 1. The Kier molecular flexibility index (Phi) is 7.19. The van der Waals surface area contributed by atoms with E-state index in [1.807, 2.05) is 60.8 Å². The molecule has 0 aliphatic carbocycles. The molecule has 1 amide bonds. The zero-order valence-corrected chi connectivity index (χ0v) is 18.2. The minimum absolute atomic E-state index is 0.0791. The summed E-state index contributed by atoms with van der Waals surface area (Å²) < 4.78 is 16.7. The first-order valence-corrected chi connectivity index (χ1v) is 10.5. The number of amides is 1. The lowest BCUT2D eigenvalue weighted by Gasteiger charge is -2.16. The molecule has 0 saturated heterocycles. The van der Waals surface area contributed by atoms with Crippen LogP contribution in [0.4, 0.5) is 4.79 Å². The molecule has 0 bridgehead atoms. The van der Waals surface area contributed by atoms with E-state index in [-0.39, 0.29) is 13.3 Å². The van der Waals surface area contributed by atoms with Crippen molar-refractivity contribution < 1.29 is 24.1 Å². The fourth-order valence-corrected chi connectivity index (χ4v) is 3.53. The fraction of sp³-hybridized carbons (Fsp3) is 0.200. The summed E-state index contributed by atoms with van der Waals surface area (Å²) in [6.45, 7) is 1.24. The lowest BCUT2D eigenvalue weighted by atomic mass is 9.99. The predicted octanol–water partition coefficient (Wildman–Crippen LogP) is 4.66. The van der Waals surface area contributed by atoms with E-state index in [1.54, 1.807) is 13.3 Å². The number of aromatic nitrogens is 2. The summed E-state index contributed by atoms with van der Waals surface area (Å²) in [5.41, 5.74) is 5.51. The highest BCUT2D eigenvalue weighted by Gasteiger charge is 2.15. The minimum Gasteiger partial charge on any atom is -0.466 e. The van der Waals surface area contributed by atoms with Gasteiger partial charge in [0.15, 0.2) is 6.79 Å². The van der Waals surface area contributed by atoms with Gasteiger partial charge in [-0.1, -0.05) is 36.4 Å². The number of ether oxygens (including phenoxy) is 3. The van der Waals surface area contributed by atoms with Gasteiger partial charge in [-0.2, -0.15) is 0 Å². The molecule has 3 N–H and O–H groups in total. The maximum absolute atomic E-state index is 10.8. The number of hydrogen-bond donors (Lipinski definition) is 3. The van der Waals surface area contributed by atoms with Crippen LogP contribution in [-0.2, 0) is 16.0 Å². The molecule has 0 aliphatic heterocycles. The molecule has 0 spiro atoms. The quantitative estimate of drug-likeness (QED) is 0.241. The fourth-order valence-electron chi connectivity index (χ4n) is 3.53. The van der Waals surface area contributed by atoms with Crippen LogP contribution in [0.25, 0.3) is 33.3 Å². The number of para-hydroxylation sites is 1. The average molecular weight is 447 g/mol. The minimum atomic E-state index is -1.05. The van der Waals surface area contributed by atoms with Gasteiger partial charge in [0.05, 0.1) is 18.9 Å². The zero-order chi connectivity index (χ0) is 23.0. The molecule has 8 heteroatoms. The summed E-state index contributed by atoms with van der Waals surface area (Å²) in [4.78, 5) is 18.4. The third-order valence-corrected chi connectivity index (χ3v) is 5.15. The maximum atomic E-state index is 10.8. The lowest BCUT2D eigenvalue weighted by molar-refractivity contribution is -0.00797. The highest BCUT2D eigenvalue weighted by Crippen LogP contribution is 2.39. The van der Waals surface area contributed by atoms with Crippen molar-refractivity contribution in [3.63, 3.8) is 0 Å². The summed E-state index contributed by atoms with van der Waals surface area (Å²) in [6.07, 6.45) is 2.52. The van der Waals surface area contributed by atoms with Crippen LogP contribution < -0.4 is 10.1 Å². The normalized spacial score (nSPS) is 10.9. The summed E-state index contributed by atoms with van der Waals surface area (Å²) >= 11 is 0. The van der Waals surface area contributed by atoms with Gasteiger partial charge in [-0.25, -0.2) is 4.79 Å². The molecule has 0 aliphatic rings. The van der Waals surface area contributed by atoms with Crippen molar-refractivity contribution in [2.45, 2.75) is 6.54 Å². The van der Waals surface area contributed by atoms with Crippen LogP contribution in [0, 0.1) is 0 Å². The van der Waals surface area contributed by atoms with E-state index in [0.717, 1.165) is 38.9 Å². The number of pyridine rings is 1. The highest BCUT2D eigenvalue weighted by molar-refractivity contribution is 5.89. The van der Waals surface area contributed by atoms with Crippen LogP contribution in [0.2, 0.25) is 0 Å². The van der Waals surface area contributed by atoms with Crippen LogP contribution in [0.5, 0.6) is 5.75 Å². The molecule has 2 heterocycles. The first kappa shape index (κ1) is 22.3. The van der Waals surface area contributed by atoms with Crippen molar-refractivity contribution >= 4 is 17.0 Å². The monoisotopic (exact) mass is 447 g/mol. The molecule has 0 saturated carbocycles. The molecule has 170 valence electrons. The molecule has 0 atom stereocenters. The second kappa shape index (κ2) is 10.6. The number of rotatable bonds is 10. The zero-order valence-electron chi connectivity index (χ0n) is 18.2. The molecule has 33 heavy (non-hydrogen) atoms. The van der Waals surface area contributed by atoms with Crippen LogP contribution >= 0.6 is 0 Å². The van der Waals surface area contributed by atoms with E-state index in [9.17, 15) is 4.79 Å². The van der Waals surface area contributed by atoms with E-state index >= 15 is 0 Å². The Morgan fingerprint density at radius 1 is 1.09 bits per heavy atom. The van der Waals surface area contributed by atoms with E-state index < -0.39 is 6.09 Å². The SMILES string of the molecule is COCCOCOc1c(-c2ccc(CNC(=O)O)cc2)cccc1-c1cc2cnccc2[nH]1. The smallest absolute Gasteiger partial charge is 0.404 e. The number of carbonyl (C=O) groups is 1. The average Bonchev–Trinajstić information content (AvgIpc) is 3.27. The molecule has 4 aromatic rings. The van der Waals surface area contributed by atoms with Crippen LogP contribution in [0.1, 0.15) is 5.56 Å². The van der Waals surface area contributed by atoms with E-state index in [0.29, 0.717) is 19.0 Å². The first-order chi connectivity index (χ1) is 16.2. The Balaban J connectivity index is 1.68. The third-order valence-electron chi connectivity index (χ3n) is 5.15. The largest absolute Gasteiger partial charge is 0.466 e. The second-order valence-corrected chi connectivity index (χ2v) is 7.35. The Morgan fingerprint density at radius 3 is 2.67 bits per heavy atom. The van der Waals surface area contributed by atoms with Crippen molar-refractivity contribution in [2.24, 2.45) is 0 Å². The standard InChI is InChI=1S/C25H25N3O5/c1-31-11-12-32-16-33-24-20(18-7-5-17(6-8-18)14-27-25(29)30)3-2-4-21(24)23-13-19-15-26-10-9-22(19)28-23/h2-10,13,15,27-28H,11-12,14,16H2,1H3,(H,29,30). The van der Waals surface area contributed by atoms with Gasteiger partial charge >= 0.3 is 6.09 Å². The van der Waals surface area contributed by atoms with Crippen LogP contribution in [-0.4, -0.2) is 48.3 Å². The Labute approximate surface area is 191 Å². The molecular formula is C25H25N3O5. The van der Waals surface area contributed by atoms with Crippen LogP contribution in [0.15, 0.2) is 67.0 Å². The number of H-pyrrole nitrogens is 1. The number of methoxy groups -OCH3 is 1. The van der Waals surface area contributed by atoms with Gasteiger partial charge in [-0.3, -0.25) is 4.98 Å². The van der Waals surface area contributed by atoms with E-state index in [2.05, 4.69) is 15.3 Å². The van der Waals surface area contributed by atoms with Crippen molar-refractivity contribution in [3.8, 4) is 28.1 Å². The number of nitrogens with one attached hydrogen (secondary N) is 2. The number of nitrogens with zero attached hydrogens (tertiary/aromatic N) is 1. The predicted molar refractivity (Wildman–Crippen MR) is 125 cm³/mol. The Hall–Kier alpha value is -3.88. The number of hydrogen-bond acceptors (Lipinski definition) is 5. The molecule has 2 aromatic heterocycles. The lowest BCUT2D eigenvalue weighted by Crippen LogP contribution is -2.19. The number of benzene rings is 2. The van der Waals surface area contributed by atoms with Gasteiger partial charge in [-0.15, -0.1) is 0 Å². The molecule has 0 radical (unpaired) electrons. The topological polar surface area (TPSA) is 106 Å². The van der Waals surface area contributed by atoms with Gasteiger partial charge in [0, 0.05) is 48.1 Å². The summed E-state index contributed by atoms with van der Waals surface area (Å²) in [7, 11) is 1.62. The van der Waals surface area contributed by atoms with Crippen LogP contribution in [0.3, 0.4) is 0 Å². The number of aromatic amines is 1. The van der Waals surface area contributed by atoms with Crippen molar-refractivity contribution in [3.05, 3.63) is 72.6 Å². The molecule has 4 rings (SSSR count). The maximum Gasteiger partial charge on any atom is 0.404 e. The third kappa shape index (κ3) is 5.49. The van der Waals surface area contributed by atoms with Gasteiger partial charge < -0.3 is 29.6 Å². The Morgan fingerprint density at radius 2 is 1.91 bits per heavy atom. The molecule has 0 unspecified atom stereocenters. The molecular weight excluding hydrogens is 422 g/mol. The van der Waals surface area contributed by atoms with Gasteiger partial charge in [-0.05, 0) is 29.3 Å². The highest BCUT2D eigenvalue weighted by atomic mass is 16.7. The van der Waals surface area contributed by atoms with E-state index in [4.69, 9.17) is 19.3 Å². The summed E-state index contributed by atoms with van der Waals surface area (Å²) in [6, 6.07) is 17.6. The Bertz CT molecular complexity index is 1190. The van der Waals surface area contributed by atoms with E-state index in [1.165, 1.54) is 0 Å².